The highest BCUT2D eigenvalue weighted by atomic mass is 16.2. The average Bonchev–Trinajstić information content (AvgIpc) is 3.32. The molecule has 3 atom stereocenters. The van der Waals surface area contributed by atoms with Gasteiger partial charge >= 0.3 is 0 Å². The number of pyridine rings is 1. The van der Waals surface area contributed by atoms with Crippen LogP contribution in [0.25, 0.3) is 10.9 Å². The Kier molecular flexibility index (Phi) is 4.54. The minimum atomic E-state index is 0.0284. The van der Waals surface area contributed by atoms with E-state index >= 15 is 0 Å². The molecule has 152 valence electrons. The SMILES string of the molecule is CC(=O)N1C[C@H]2CN(C(=O)c3cccc4ncccc34)C[C@H]2[C@H]1c1ccccc1C. The third-order valence-corrected chi connectivity index (χ3v) is 6.74. The molecule has 1 aromatic heterocycles. The highest BCUT2D eigenvalue weighted by molar-refractivity contribution is 6.06. The summed E-state index contributed by atoms with van der Waals surface area (Å²) in [6.45, 7) is 5.81. The van der Waals surface area contributed by atoms with E-state index in [1.54, 1.807) is 13.1 Å². The highest BCUT2D eigenvalue weighted by Crippen LogP contribution is 2.46. The molecule has 2 aliphatic rings. The second-order valence-electron chi connectivity index (χ2n) is 8.48. The molecule has 30 heavy (non-hydrogen) atoms. The number of hydrogen-bond acceptors (Lipinski definition) is 3. The van der Waals surface area contributed by atoms with Crippen molar-refractivity contribution in [3.63, 3.8) is 0 Å². The number of carbonyl (C=O) groups is 2. The Labute approximate surface area is 176 Å². The van der Waals surface area contributed by atoms with Gasteiger partial charge in [-0.05, 0) is 36.2 Å². The third-order valence-electron chi connectivity index (χ3n) is 6.74. The standard InChI is InChI=1S/C25H25N3O2/c1-16-7-3-4-8-19(16)24-22-15-27(13-18(22)14-28(24)17(2)29)25(30)21-9-5-11-23-20(21)10-6-12-26-23/h3-12,18,22,24H,13-15H2,1-2H3/t18-,22-,24-/m1/s1. The fourth-order valence-corrected chi connectivity index (χ4v) is 5.31. The molecule has 5 nitrogen and oxygen atoms in total. The monoisotopic (exact) mass is 399 g/mol. The maximum atomic E-state index is 13.4. The molecule has 3 aromatic rings. The molecule has 0 bridgehead atoms. The molecule has 2 saturated heterocycles. The third kappa shape index (κ3) is 2.96. The van der Waals surface area contributed by atoms with Crippen LogP contribution in [0, 0.1) is 18.8 Å². The summed E-state index contributed by atoms with van der Waals surface area (Å²) in [5.41, 5.74) is 3.93. The zero-order valence-corrected chi connectivity index (χ0v) is 17.3. The molecule has 0 N–H and O–H groups in total. The summed E-state index contributed by atoms with van der Waals surface area (Å²) in [4.78, 5) is 34.2. The van der Waals surface area contributed by atoms with Crippen LogP contribution in [0.15, 0.2) is 60.8 Å². The van der Waals surface area contributed by atoms with Gasteiger partial charge in [0.05, 0.1) is 11.6 Å². The number of rotatable bonds is 2. The lowest BCUT2D eigenvalue weighted by atomic mass is 9.87. The number of amides is 2. The lowest BCUT2D eigenvalue weighted by Gasteiger charge is -2.30. The van der Waals surface area contributed by atoms with Crippen molar-refractivity contribution < 1.29 is 9.59 Å². The Morgan fingerprint density at radius 3 is 2.60 bits per heavy atom. The molecule has 0 saturated carbocycles. The number of hydrogen-bond donors (Lipinski definition) is 0. The number of benzene rings is 2. The van der Waals surface area contributed by atoms with Gasteiger partial charge in [0.1, 0.15) is 0 Å². The van der Waals surface area contributed by atoms with Crippen LogP contribution in [0.5, 0.6) is 0 Å². The van der Waals surface area contributed by atoms with Crippen LogP contribution in [0.4, 0.5) is 0 Å². The summed E-state index contributed by atoms with van der Waals surface area (Å²) < 4.78 is 0. The molecule has 0 spiro atoms. The van der Waals surface area contributed by atoms with E-state index in [9.17, 15) is 9.59 Å². The fourth-order valence-electron chi connectivity index (χ4n) is 5.31. The predicted octanol–water partition coefficient (Wildman–Crippen LogP) is 3.83. The van der Waals surface area contributed by atoms with E-state index in [-0.39, 0.29) is 23.8 Å². The first-order chi connectivity index (χ1) is 14.5. The van der Waals surface area contributed by atoms with Crippen LogP contribution in [0.3, 0.4) is 0 Å². The molecular weight excluding hydrogens is 374 g/mol. The summed E-state index contributed by atoms with van der Waals surface area (Å²) >= 11 is 0. The minimum Gasteiger partial charge on any atom is -0.338 e. The molecule has 2 fully saturated rings. The topological polar surface area (TPSA) is 53.5 Å². The second kappa shape index (κ2) is 7.24. The van der Waals surface area contributed by atoms with Gasteiger partial charge in [-0.15, -0.1) is 0 Å². The fraction of sp³-hybridized carbons (Fsp3) is 0.320. The van der Waals surface area contributed by atoms with Gasteiger partial charge in [-0.3, -0.25) is 14.6 Å². The van der Waals surface area contributed by atoms with Gasteiger partial charge in [0.15, 0.2) is 0 Å². The van der Waals surface area contributed by atoms with E-state index in [2.05, 4.69) is 24.0 Å². The predicted molar refractivity (Wildman–Crippen MR) is 116 cm³/mol. The van der Waals surface area contributed by atoms with Gasteiger partial charge in [0.2, 0.25) is 5.91 Å². The Morgan fingerprint density at radius 1 is 0.967 bits per heavy atom. The van der Waals surface area contributed by atoms with Crippen molar-refractivity contribution in [2.75, 3.05) is 19.6 Å². The van der Waals surface area contributed by atoms with Crippen LogP contribution < -0.4 is 0 Å². The smallest absolute Gasteiger partial charge is 0.254 e. The second-order valence-corrected chi connectivity index (χ2v) is 8.48. The number of aromatic nitrogens is 1. The van der Waals surface area contributed by atoms with E-state index in [0.717, 1.165) is 10.9 Å². The van der Waals surface area contributed by atoms with Gasteiger partial charge in [-0.2, -0.15) is 0 Å². The van der Waals surface area contributed by atoms with Gasteiger partial charge in [0.25, 0.3) is 5.91 Å². The van der Waals surface area contributed by atoms with Crippen LogP contribution in [0.2, 0.25) is 0 Å². The molecule has 5 heteroatoms. The van der Waals surface area contributed by atoms with Crippen molar-refractivity contribution in [1.29, 1.82) is 0 Å². The average molecular weight is 399 g/mol. The van der Waals surface area contributed by atoms with Crippen LogP contribution in [0.1, 0.15) is 34.5 Å². The van der Waals surface area contributed by atoms with Crippen molar-refractivity contribution in [3.8, 4) is 0 Å². The Bertz CT molecular complexity index is 1140. The van der Waals surface area contributed by atoms with E-state index in [1.165, 1.54) is 11.1 Å². The first kappa shape index (κ1) is 18.8. The Hall–Kier alpha value is -3.21. The Morgan fingerprint density at radius 2 is 1.80 bits per heavy atom. The summed E-state index contributed by atoms with van der Waals surface area (Å²) in [7, 11) is 0. The first-order valence-corrected chi connectivity index (χ1v) is 10.5. The number of likely N-dealkylation sites (tertiary alicyclic amines) is 2. The van der Waals surface area contributed by atoms with Crippen molar-refractivity contribution >= 4 is 22.7 Å². The molecule has 0 radical (unpaired) electrons. The van der Waals surface area contributed by atoms with Crippen molar-refractivity contribution in [3.05, 3.63) is 77.5 Å². The minimum absolute atomic E-state index is 0.0284. The number of carbonyl (C=O) groups excluding carboxylic acids is 2. The summed E-state index contributed by atoms with van der Waals surface area (Å²) in [5, 5.41) is 0.892. The molecule has 3 heterocycles. The van der Waals surface area contributed by atoms with Gasteiger partial charge in [0, 0.05) is 55.5 Å². The number of aryl methyl sites for hydroxylation is 1. The zero-order chi connectivity index (χ0) is 20.8. The van der Waals surface area contributed by atoms with E-state index in [4.69, 9.17) is 0 Å². The molecule has 0 unspecified atom stereocenters. The van der Waals surface area contributed by atoms with Gasteiger partial charge in [-0.25, -0.2) is 0 Å². The van der Waals surface area contributed by atoms with Crippen molar-refractivity contribution in [1.82, 2.24) is 14.8 Å². The highest BCUT2D eigenvalue weighted by Gasteiger charge is 2.49. The summed E-state index contributed by atoms with van der Waals surface area (Å²) in [6.07, 6.45) is 1.75. The summed E-state index contributed by atoms with van der Waals surface area (Å²) in [5.74, 6) is 0.721. The normalized spacial score (nSPS) is 23.1. The number of nitrogens with zero attached hydrogens (tertiary/aromatic N) is 3. The number of fused-ring (bicyclic) bond motifs is 2. The van der Waals surface area contributed by atoms with Crippen molar-refractivity contribution in [2.45, 2.75) is 19.9 Å². The quantitative estimate of drug-likeness (QED) is 0.658. The largest absolute Gasteiger partial charge is 0.338 e. The van der Waals surface area contributed by atoms with Crippen LogP contribution in [-0.4, -0.2) is 46.2 Å². The molecule has 2 aliphatic heterocycles. The van der Waals surface area contributed by atoms with Crippen LogP contribution >= 0.6 is 0 Å². The molecule has 2 amide bonds. The lowest BCUT2D eigenvalue weighted by Crippen LogP contribution is -2.36. The van der Waals surface area contributed by atoms with Gasteiger partial charge < -0.3 is 9.80 Å². The maximum Gasteiger partial charge on any atom is 0.254 e. The van der Waals surface area contributed by atoms with E-state index in [1.807, 2.05) is 52.3 Å². The zero-order valence-electron chi connectivity index (χ0n) is 17.3. The molecular formula is C25H25N3O2. The van der Waals surface area contributed by atoms with E-state index < -0.39 is 0 Å². The van der Waals surface area contributed by atoms with Crippen molar-refractivity contribution in [2.24, 2.45) is 11.8 Å². The lowest BCUT2D eigenvalue weighted by molar-refractivity contribution is -0.130. The van der Waals surface area contributed by atoms with E-state index in [0.29, 0.717) is 31.1 Å². The molecule has 5 rings (SSSR count). The first-order valence-electron chi connectivity index (χ1n) is 10.5. The maximum absolute atomic E-state index is 13.4. The molecule has 0 aliphatic carbocycles. The van der Waals surface area contributed by atoms with Gasteiger partial charge in [-0.1, -0.05) is 36.4 Å². The van der Waals surface area contributed by atoms with Crippen LogP contribution in [-0.2, 0) is 4.79 Å². The molecule has 2 aromatic carbocycles. The summed E-state index contributed by atoms with van der Waals surface area (Å²) in [6, 6.07) is 17.9. The Balaban J connectivity index is 1.46.